The molecule has 1 heterocycles. The molecule has 5 aromatic rings. The lowest BCUT2D eigenvalue weighted by Gasteiger charge is -2.12. The van der Waals surface area contributed by atoms with E-state index in [4.69, 9.17) is 18.9 Å². The molecule has 0 saturated heterocycles. The van der Waals surface area contributed by atoms with E-state index >= 15 is 0 Å². The van der Waals surface area contributed by atoms with Crippen molar-refractivity contribution in [2.75, 3.05) is 26.4 Å². The lowest BCUT2D eigenvalue weighted by molar-refractivity contribution is -0.140. The summed E-state index contributed by atoms with van der Waals surface area (Å²) in [7, 11) is 0. The summed E-state index contributed by atoms with van der Waals surface area (Å²) in [6.45, 7) is 11.2. The summed E-state index contributed by atoms with van der Waals surface area (Å²) in [5, 5.41) is 6.46. The fourth-order valence-electron chi connectivity index (χ4n) is 4.40. The third kappa shape index (κ3) is 5.45. The predicted molar refractivity (Wildman–Crippen MR) is 157 cm³/mol. The molecule has 39 heavy (non-hydrogen) atoms. The second-order valence-corrected chi connectivity index (χ2v) is 10.3. The van der Waals surface area contributed by atoms with Crippen LogP contribution in [0.25, 0.3) is 41.7 Å². The van der Waals surface area contributed by atoms with Gasteiger partial charge < -0.3 is 18.9 Å². The number of carbonyl (C=O) groups excluding carboxylic acids is 2. The van der Waals surface area contributed by atoms with Gasteiger partial charge in [0, 0.05) is 42.1 Å². The Labute approximate surface area is 230 Å². The monoisotopic (exact) mass is 540 g/mol. The Bertz CT molecular complexity index is 1760. The maximum atomic E-state index is 11.7. The molecule has 0 fully saturated rings. The molecule has 0 radical (unpaired) electrons. The smallest absolute Gasteiger partial charge is 0.333 e. The average Bonchev–Trinajstić information content (AvgIpc) is 3.32. The van der Waals surface area contributed by atoms with Gasteiger partial charge in [0.15, 0.2) is 0 Å². The predicted octanol–water partition coefficient (Wildman–Crippen LogP) is 7.36. The first-order valence-corrected chi connectivity index (χ1v) is 13.4. The molecule has 0 bridgehead atoms. The number of carbonyl (C=O) groups is 2. The van der Waals surface area contributed by atoms with Gasteiger partial charge in [-0.3, -0.25) is 0 Å². The third-order valence-corrected chi connectivity index (χ3v) is 7.45. The van der Waals surface area contributed by atoms with Crippen LogP contribution in [0.3, 0.4) is 0 Å². The van der Waals surface area contributed by atoms with Crippen LogP contribution in [0.4, 0.5) is 0 Å². The Balaban J connectivity index is 1.50. The van der Waals surface area contributed by atoms with Crippen LogP contribution in [0.2, 0.25) is 0 Å². The van der Waals surface area contributed by atoms with E-state index in [2.05, 4.69) is 37.4 Å². The number of fused-ring (bicyclic) bond motifs is 7. The van der Waals surface area contributed by atoms with Crippen LogP contribution in [0.5, 0.6) is 11.5 Å². The molecule has 0 amide bonds. The quantitative estimate of drug-likeness (QED) is 0.105. The summed E-state index contributed by atoms with van der Waals surface area (Å²) in [4.78, 5) is 23.4. The normalized spacial score (nSPS) is 11.1. The number of ether oxygens (including phenoxy) is 4. The largest absolute Gasteiger partial charge is 0.490 e. The minimum atomic E-state index is -0.429. The first-order valence-electron chi connectivity index (χ1n) is 12.5. The third-order valence-electron chi connectivity index (χ3n) is 6.25. The fourth-order valence-corrected chi connectivity index (χ4v) is 5.64. The summed E-state index contributed by atoms with van der Waals surface area (Å²) in [6, 6.07) is 20.5. The van der Waals surface area contributed by atoms with Gasteiger partial charge >= 0.3 is 11.9 Å². The minimum Gasteiger partial charge on any atom is -0.490 e. The molecule has 6 nitrogen and oxygen atoms in total. The van der Waals surface area contributed by atoms with E-state index in [0.29, 0.717) is 16.9 Å². The van der Waals surface area contributed by atoms with Crippen molar-refractivity contribution < 1.29 is 28.5 Å². The van der Waals surface area contributed by atoms with Gasteiger partial charge in [-0.2, -0.15) is 0 Å². The van der Waals surface area contributed by atoms with E-state index in [0.717, 1.165) is 42.8 Å². The van der Waals surface area contributed by atoms with Crippen molar-refractivity contribution in [2.45, 2.75) is 13.8 Å². The van der Waals surface area contributed by atoms with Gasteiger partial charge in [-0.1, -0.05) is 49.6 Å². The summed E-state index contributed by atoms with van der Waals surface area (Å²) in [6.07, 6.45) is 0. The highest BCUT2D eigenvalue weighted by atomic mass is 32.1. The minimum absolute atomic E-state index is 0.133. The standard InChI is InChI=1S/C32H28O6S/c1-19(2)31(33)37-15-13-35-22-11-9-21-10-12-28-29(25(21)17-22)26-18-27(36-14-16-38-32(34)20(3)4)23-7-5-6-8-24(23)30(26)39-28/h5-12,17-18H,1,3,13-16H2,2,4H3. The number of thiophene rings is 1. The van der Waals surface area contributed by atoms with E-state index in [1.165, 1.54) is 4.70 Å². The zero-order valence-corrected chi connectivity index (χ0v) is 22.7. The van der Waals surface area contributed by atoms with E-state index in [1.807, 2.05) is 36.4 Å². The zero-order chi connectivity index (χ0) is 27.5. The Morgan fingerprint density at radius 2 is 1.36 bits per heavy atom. The Hall–Kier alpha value is -4.36. The van der Waals surface area contributed by atoms with E-state index in [1.54, 1.807) is 25.2 Å². The SMILES string of the molecule is C=C(C)C(=O)OCCOc1ccc2ccc3sc4c5ccccc5c(OCCOC(=O)C(=C)C)cc4c3c2c1. The molecule has 0 spiro atoms. The Morgan fingerprint density at radius 1 is 0.718 bits per heavy atom. The molecule has 0 aliphatic carbocycles. The Morgan fingerprint density at radius 3 is 2.05 bits per heavy atom. The molecule has 4 aromatic carbocycles. The fraction of sp³-hybridized carbons (Fsp3) is 0.188. The second-order valence-electron chi connectivity index (χ2n) is 9.25. The average molecular weight is 541 g/mol. The van der Waals surface area contributed by atoms with Crippen molar-refractivity contribution in [1.82, 2.24) is 0 Å². The van der Waals surface area contributed by atoms with Crippen molar-refractivity contribution in [3.8, 4) is 11.5 Å². The number of hydrogen-bond donors (Lipinski definition) is 0. The summed E-state index contributed by atoms with van der Waals surface area (Å²) >= 11 is 1.74. The highest BCUT2D eigenvalue weighted by molar-refractivity contribution is 7.26. The van der Waals surface area contributed by atoms with Crippen molar-refractivity contribution in [1.29, 1.82) is 0 Å². The van der Waals surface area contributed by atoms with Crippen LogP contribution >= 0.6 is 11.3 Å². The number of benzene rings is 4. The van der Waals surface area contributed by atoms with E-state index in [9.17, 15) is 9.59 Å². The van der Waals surface area contributed by atoms with Crippen molar-refractivity contribution in [2.24, 2.45) is 0 Å². The number of rotatable bonds is 10. The van der Waals surface area contributed by atoms with Gasteiger partial charge in [0.2, 0.25) is 0 Å². The summed E-state index contributed by atoms with van der Waals surface area (Å²) in [5.74, 6) is 0.564. The Kier molecular flexibility index (Phi) is 7.52. The van der Waals surface area contributed by atoms with Crippen LogP contribution in [-0.4, -0.2) is 38.4 Å². The van der Waals surface area contributed by atoms with Gasteiger partial charge in [0.25, 0.3) is 0 Å². The van der Waals surface area contributed by atoms with Crippen molar-refractivity contribution >= 4 is 65.0 Å². The van der Waals surface area contributed by atoms with E-state index < -0.39 is 11.9 Å². The first-order chi connectivity index (χ1) is 18.8. The van der Waals surface area contributed by atoms with Gasteiger partial charge in [-0.05, 0) is 48.9 Å². The zero-order valence-electron chi connectivity index (χ0n) is 21.9. The molecule has 0 unspecified atom stereocenters. The number of hydrogen-bond acceptors (Lipinski definition) is 7. The van der Waals surface area contributed by atoms with Crippen LogP contribution in [-0.2, 0) is 19.1 Å². The summed E-state index contributed by atoms with van der Waals surface area (Å²) in [5.41, 5.74) is 0.714. The van der Waals surface area contributed by atoms with Crippen LogP contribution < -0.4 is 9.47 Å². The molecule has 0 aliphatic rings. The van der Waals surface area contributed by atoms with Crippen molar-refractivity contribution in [3.05, 3.63) is 85.0 Å². The first kappa shape index (κ1) is 26.3. The molecular formula is C32H28O6S. The molecule has 0 N–H and O–H groups in total. The van der Waals surface area contributed by atoms with Crippen LogP contribution in [0.1, 0.15) is 13.8 Å². The highest BCUT2D eigenvalue weighted by Gasteiger charge is 2.16. The molecular weight excluding hydrogens is 512 g/mol. The summed E-state index contributed by atoms with van der Waals surface area (Å²) < 4.78 is 24.7. The van der Waals surface area contributed by atoms with Crippen LogP contribution in [0, 0.1) is 0 Å². The van der Waals surface area contributed by atoms with Gasteiger partial charge in [-0.25, -0.2) is 9.59 Å². The lowest BCUT2D eigenvalue weighted by atomic mass is 10.0. The molecule has 5 rings (SSSR count). The second kappa shape index (κ2) is 11.2. The topological polar surface area (TPSA) is 71.1 Å². The molecule has 0 saturated carbocycles. The molecule has 0 aliphatic heterocycles. The van der Waals surface area contributed by atoms with Gasteiger partial charge in [0.05, 0.1) is 0 Å². The lowest BCUT2D eigenvalue weighted by Crippen LogP contribution is -2.12. The molecule has 1 aromatic heterocycles. The molecule has 7 heteroatoms. The van der Waals surface area contributed by atoms with Gasteiger partial charge in [0.1, 0.15) is 37.9 Å². The van der Waals surface area contributed by atoms with Crippen LogP contribution in [0.15, 0.2) is 85.0 Å². The number of esters is 2. The van der Waals surface area contributed by atoms with Gasteiger partial charge in [-0.15, -0.1) is 11.3 Å². The highest BCUT2D eigenvalue weighted by Crippen LogP contribution is 2.45. The molecule has 198 valence electrons. The van der Waals surface area contributed by atoms with E-state index in [-0.39, 0.29) is 26.4 Å². The maximum Gasteiger partial charge on any atom is 0.333 e. The van der Waals surface area contributed by atoms with Crippen molar-refractivity contribution in [3.63, 3.8) is 0 Å². The maximum absolute atomic E-state index is 11.7. The molecule has 0 atom stereocenters.